The third-order valence-electron chi connectivity index (χ3n) is 5.80. The highest BCUT2D eigenvalue weighted by atomic mass is 16.5. The molecule has 0 heterocycles. The minimum atomic E-state index is -0.194. The van der Waals surface area contributed by atoms with Gasteiger partial charge in [0.25, 0.3) is 0 Å². The van der Waals surface area contributed by atoms with Crippen LogP contribution in [0.25, 0.3) is 6.08 Å². The van der Waals surface area contributed by atoms with E-state index in [2.05, 4.69) is 25.5 Å². The van der Waals surface area contributed by atoms with E-state index >= 15 is 0 Å². The molecule has 0 saturated heterocycles. The standard InChI is InChI=1S/C27H45NO3/c1-5-7-8-9-10-11-12-13-14-15-20-28(3)21-22-31-26-18-16-25(24(6-2)23-26)17-19-27(29)30-4/h6,16,18,23H,2,5,7-15,17,19-22H2,1,3-4H3. The van der Waals surface area contributed by atoms with Gasteiger partial charge in [0, 0.05) is 13.0 Å². The molecule has 31 heavy (non-hydrogen) atoms. The molecular formula is C27H45NO3. The average Bonchev–Trinajstić information content (AvgIpc) is 2.78. The maximum absolute atomic E-state index is 11.4. The Kier molecular flexibility index (Phi) is 15.7. The van der Waals surface area contributed by atoms with E-state index in [1.807, 2.05) is 24.3 Å². The van der Waals surface area contributed by atoms with E-state index in [-0.39, 0.29) is 5.97 Å². The van der Waals surface area contributed by atoms with E-state index in [4.69, 9.17) is 9.47 Å². The number of likely N-dealkylation sites (N-methyl/N-ethyl adjacent to an activating group) is 1. The van der Waals surface area contributed by atoms with Gasteiger partial charge in [-0.1, -0.05) is 83.4 Å². The molecule has 0 N–H and O–H groups in total. The number of benzene rings is 1. The molecule has 0 aliphatic heterocycles. The number of hydrogen-bond acceptors (Lipinski definition) is 4. The molecule has 4 heteroatoms. The second kappa shape index (κ2) is 17.8. The molecule has 176 valence electrons. The van der Waals surface area contributed by atoms with Crippen molar-refractivity contribution in [3.8, 4) is 5.75 Å². The third-order valence-corrected chi connectivity index (χ3v) is 5.80. The lowest BCUT2D eigenvalue weighted by atomic mass is 10.0. The van der Waals surface area contributed by atoms with Crippen molar-refractivity contribution >= 4 is 12.0 Å². The molecule has 0 aliphatic carbocycles. The van der Waals surface area contributed by atoms with Crippen LogP contribution in [0.4, 0.5) is 0 Å². The molecule has 0 aliphatic rings. The van der Waals surface area contributed by atoms with Crippen LogP contribution in [0, 0.1) is 0 Å². The summed E-state index contributed by atoms with van der Waals surface area (Å²) in [5.74, 6) is 0.657. The number of carbonyl (C=O) groups excluding carboxylic acids is 1. The minimum Gasteiger partial charge on any atom is -0.492 e. The van der Waals surface area contributed by atoms with Gasteiger partial charge < -0.3 is 14.4 Å². The van der Waals surface area contributed by atoms with E-state index in [9.17, 15) is 4.79 Å². The topological polar surface area (TPSA) is 38.8 Å². The van der Waals surface area contributed by atoms with Crippen LogP contribution in [-0.4, -0.2) is 44.7 Å². The van der Waals surface area contributed by atoms with Crippen molar-refractivity contribution in [2.75, 3.05) is 33.9 Å². The highest BCUT2D eigenvalue weighted by Gasteiger charge is 2.07. The molecule has 1 aromatic carbocycles. The fraction of sp³-hybridized carbons (Fsp3) is 0.667. The van der Waals surface area contributed by atoms with Gasteiger partial charge in [-0.15, -0.1) is 0 Å². The fourth-order valence-electron chi connectivity index (χ4n) is 3.72. The van der Waals surface area contributed by atoms with Gasteiger partial charge in [0.15, 0.2) is 0 Å². The Morgan fingerprint density at radius 1 is 1.00 bits per heavy atom. The van der Waals surface area contributed by atoms with Crippen molar-refractivity contribution < 1.29 is 14.3 Å². The van der Waals surface area contributed by atoms with E-state index in [0.29, 0.717) is 19.4 Å². The van der Waals surface area contributed by atoms with Gasteiger partial charge in [0.05, 0.1) is 7.11 Å². The lowest BCUT2D eigenvalue weighted by Gasteiger charge is -2.17. The first kappa shape index (κ1) is 27.2. The van der Waals surface area contributed by atoms with E-state index in [0.717, 1.165) is 30.0 Å². The molecule has 1 aromatic rings. The van der Waals surface area contributed by atoms with Crippen molar-refractivity contribution in [2.45, 2.75) is 84.0 Å². The van der Waals surface area contributed by atoms with Crippen LogP contribution in [0.2, 0.25) is 0 Å². The highest BCUT2D eigenvalue weighted by molar-refractivity contribution is 5.70. The number of esters is 1. The Morgan fingerprint density at radius 2 is 1.65 bits per heavy atom. The van der Waals surface area contributed by atoms with Gasteiger partial charge in [-0.2, -0.15) is 0 Å². The molecule has 1 rings (SSSR count). The van der Waals surface area contributed by atoms with E-state index in [1.165, 1.54) is 71.3 Å². The molecular weight excluding hydrogens is 386 g/mol. The summed E-state index contributed by atoms with van der Waals surface area (Å²) in [5.41, 5.74) is 2.10. The van der Waals surface area contributed by atoms with Crippen LogP contribution < -0.4 is 4.74 Å². The van der Waals surface area contributed by atoms with Crippen LogP contribution in [0.15, 0.2) is 24.8 Å². The fourth-order valence-corrected chi connectivity index (χ4v) is 3.72. The normalized spacial score (nSPS) is 11.0. The van der Waals surface area contributed by atoms with Crippen molar-refractivity contribution in [1.29, 1.82) is 0 Å². The first-order chi connectivity index (χ1) is 15.1. The Balaban J connectivity index is 2.15. The molecule has 0 fully saturated rings. The van der Waals surface area contributed by atoms with Crippen LogP contribution in [0.1, 0.15) is 88.7 Å². The SMILES string of the molecule is C=Cc1cc(OCCN(C)CCCCCCCCCCCC)ccc1CCC(=O)OC. The van der Waals surface area contributed by atoms with Gasteiger partial charge >= 0.3 is 5.97 Å². The monoisotopic (exact) mass is 431 g/mol. The summed E-state index contributed by atoms with van der Waals surface area (Å²) in [6, 6.07) is 5.99. The predicted octanol–water partition coefficient (Wildman–Crippen LogP) is 6.67. The Bertz CT molecular complexity index is 614. The summed E-state index contributed by atoms with van der Waals surface area (Å²) in [5, 5.41) is 0. The maximum atomic E-state index is 11.4. The van der Waals surface area contributed by atoms with Gasteiger partial charge in [-0.25, -0.2) is 0 Å². The molecule has 0 radical (unpaired) electrons. The predicted molar refractivity (Wildman–Crippen MR) is 132 cm³/mol. The first-order valence-corrected chi connectivity index (χ1v) is 12.2. The summed E-state index contributed by atoms with van der Waals surface area (Å²) < 4.78 is 10.7. The first-order valence-electron chi connectivity index (χ1n) is 12.2. The largest absolute Gasteiger partial charge is 0.492 e. The summed E-state index contributed by atoms with van der Waals surface area (Å²) in [7, 11) is 3.59. The average molecular weight is 432 g/mol. The van der Waals surface area contributed by atoms with Crippen LogP contribution in [0.3, 0.4) is 0 Å². The zero-order chi connectivity index (χ0) is 22.7. The number of carbonyl (C=O) groups is 1. The second-order valence-corrected chi connectivity index (χ2v) is 8.47. The molecule has 0 aromatic heterocycles. The lowest BCUT2D eigenvalue weighted by molar-refractivity contribution is -0.140. The molecule has 0 unspecified atom stereocenters. The molecule has 0 amide bonds. The zero-order valence-corrected chi connectivity index (χ0v) is 20.3. The number of rotatable bonds is 19. The smallest absolute Gasteiger partial charge is 0.305 e. The maximum Gasteiger partial charge on any atom is 0.305 e. The zero-order valence-electron chi connectivity index (χ0n) is 20.3. The van der Waals surface area contributed by atoms with Gasteiger partial charge in [0.2, 0.25) is 0 Å². The molecule has 0 saturated carbocycles. The number of methoxy groups -OCH3 is 1. The second-order valence-electron chi connectivity index (χ2n) is 8.47. The summed E-state index contributed by atoms with van der Waals surface area (Å²) in [4.78, 5) is 13.7. The molecule has 0 spiro atoms. The number of unbranched alkanes of at least 4 members (excludes halogenated alkanes) is 9. The highest BCUT2D eigenvalue weighted by Crippen LogP contribution is 2.20. The van der Waals surface area contributed by atoms with Gasteiger partial charge in [0.1, 0.15) is 12.4 Å². The molecule has 0 bridgehead atoms. The van der Waals surface area contributed by atoms with Crippen molar-refractivity contribution in [3.05, 3.63) is 35.9 Å². The quantitative estimate of drug-likeness (QED) is 0.181. The van der Waals surface area contributed by atoms with E-state index in [1.54, 1.807) is 0 Å². The number of hydrogen-bond donors (Lipinski definition) is 0. The lowest BCUT2D eigenvalue weighted by Crippen LogP contribution is -2.25. The Hall–Kier alpha value is -1.81. The Morgan fingerprint density at radius 3 is 2.26 bits per heavy atom. The number of ether oxygens (including phenoxy) is 2. The number of nitrogens with zero attached hydrogens (tertiary/aromatic N) is 1. The van der Waals surface area contributed by atoms with Gasteiger partial charge in [-0.05, 0) is 49.7 Å². The van der Waals surface area contributed by atoms with Crippen LogP contribution in [0.5, 0.6) is 5.75 Å². The summed E-state index contributed by atoms with van der Waals surface area (Å²) >= 11 is 0. The number of aryl methyl sites for hydroxylation is 1. The molecule has 4 nitrogen and oxygen atoms in total. The van der Waals surface area contributed by atoms with Crippen molar-refractivity contribution in [3.63, 3.8) is 0 Å². The summed E-state index contributed by atoms with van der Waals surface area (Å²) in [6.07, 6.45) is 16.6. The van der Waals surface area contributed by atoms with Crippen molar-refractivity contribution in [2.24, 2.45) is 0 Å². The summed E-state index contributed by atoms with van der Waals surface area (Å²) in [6.45, 7) is 8.88. The Labute approximate surface area is 191 Å². The third kappa shape index (κ3) is 13.3. The van der Waals surface area contributed by atoms with Gasteiger partial charge in [-0.3, -0.25) is 4.79 Å². The van der Waals surface area contributed by atoms with Crippen LogP contribution >= 0.6 is 0 Å². The van der Waals surface area contributed by atoms with Crippen molar-refractivity contribution in [1.82, 2.24) is 4.90 Å². The molecule has 0 atom stereocenters. The minimum absolute atomic E-state index is 0.194. The van der Waals surface area contributed by atoms with Crippen LogP contribution in [-0.2, 0) is 16.0 Å². The van der Waals surface area contributed by atoms with E-state index < -0.39 is 0 Å².